The van der Waals surface area contributed by atoms with Crippen molar-refractivity contribution in [2.24, 2.45) is 5.73 Å². The van der Waals surface area contributed by atoms with Crippen LogP contribution in [0.3, 0.4) is 0 Å². The Bertz CT molecular complexity index is 405. The Kier molecular flexibility index (Phi) is 4.40. The first-order valence-corrected chi connectivity index (χ1v) is 5.71. The summed E-state index contributed by atoms with van der Waals surface area (Å²) < 4.78 is 25.9. The summed E-state index contributed by atoms with van der Waals surface area (Å²) in [7, 11) is 0. The number of benzene rings is 1. The number of amides is 1. The van der Waals surface area contributed by atoms with E-state index >= 15 is 0 Å². The third-order valence-corrected chi connectivity index (χ3v) is 2.87. The second-order valence-electron chi connectivity index (χ2n) is 4.73. The van der Waals surface area contributed by atoms with Crippen molar-refractivity contribution in [1.29, 1.82) is 0 Å². The molecule has 0 aromatic heterocycles. The molecule has 1 rings (SSSR count). The molecule has 1 amide bonds. The summed E-state index contributed by atoms with van der Waals surface area (Å²) in [4.78, 5) is 11.9. The second kappa shape index (κ2) is 5.44. The van der Waals surface area contributed by atoms with Crippen LogP contribution in [-0.4, -0.2) is 24.9 Å². The van der Waals surface area contributed by atoms with Gasteiger partial charge in [-0.2, -0.15) is 0 Å². The van der Waals surface area contributed by atoms with Crippen LogP contribution in [0.5, 0.6) is 0 Å². The summed E-state index contributed by atoms with van der Waals surface area (Å²) in [5.41, 5.74) is 4.83. The normalized spacial score (nSPS) is 12.3. The van der Waals surface area contributed by atoms with E-state index in [1.165, 1.54) is 0 Å². The molecule has 0 aliphatic rings. The van der Waals surface area contributed by atoms with E-state index in [9.17, 15) is 13.6 Å². The molecule has 0 fully saturated rings. The molecule has 0 saturated heterocycles. The number of nitrogens with two attached hydrogens (primary N) is 1. The number of hydrogen-bond donors (Lipinski definition) is 2. The van der Waals surface area contributed by atoms with Crippen LogP contribution in [0, 0.1) is 0 Å². The molecule has 18 heavy (non-hydrogen) atoms. The molecule has 3 nitrogen and oxygen atoms in total. The molecule has 0 saturated carbocycles. The lowest BCUT2D eigenvalue weighted by Gasteiger charge is -2.25. The van der Waals surface area contributed by atoms with E-state index in [4.69, 9.17) is 5.73 Å². The Labute approximate surface area is 105 Å². The molecule has 0 aliphatic carbocycles. The van der Waals surface area contributed by atoms with Gasteiger partial charge in [-0.05, 0) is 19.4 Å². The number of nitrogens with one attached hydrogen (secondary N) is 1. The fraction of sp³-hybridized carbons (Fsp3) is 0.462. The standard InChI is InChI=1S/C13H18F2N2O/c1-12(2,10-6-4-3-5-7-10)11(18)17-9-13(14,15)8-16/h3-7H,8-9,16H2,1-2H3,(H,17,18). The van der Waals surface area contributed by atoms with Gasteiger partial charge in [-0.15, -0.1) is 0 Å². The summed E-state index contributed by atoms with van der Waals surface area (Å²) in [6.07, 6.45) is 0. The molecule has 5 heteroatoms. The van der Waals surface area contributed by atoms with E-state index in [-0.39, 0.29) is 0 Å². The zero-order valence-corrected chi connectivity index (χ0v) is 10.5. The molecule has 0 unspecified atom stereocenters. The average Bonchev–Trinajstić information content (AvgIpc) is 2.37. The van der Waals surface area contributed by atoms with Crippen molar-refractivity contribution in [3.05, 3.63) is 35.9 Å². The third-order valence-electron chi connectivity index (χ3n) is 2.87. The molecule has 0 bridgehead atoms. The van der Waals surface area contributed by atoms with Crippen LogP contribution >= 0.6 is 0 Å². The van der Waals surface area contributed by atoms with Gasteiger partial charge in [0.05, 0.1) is 18.5 Å². The number of alkyl halides is 2. The highest BCUT2D eigenvalue weighted by molar-refractivity contribution is 5.87. The van der Waals surface area contributed by atoms with Crippen LogP contribution in [-0.2, 0) is 10.2 Å². The molecule has 1 aromatic rings. The highest BCUT2D eigenvalue weighted by Crippen LogP contribution is 2.23. The van der Waals surface area contributed by atoms with Gasteiger partial charge in [-0.1, -0.05) is 30.3 Å². The highest BCUT2D eigenvalue weighted by atomic mass is 19.3. The summed E-state index contributed by atoms with van der Waals surface area (Å²) in [6.45, 7) is 1.87. The van der Waals surface area contributed by atoms with E-state index < -0.39 is 30.3 Å². The van der Waals surface area contributed by atoms with Gasteiger partial charge in [-0.3, -0.25) is 4.79 Å². The molecule has 100 valence electrons. The monoisotopic (exact) mass is 256 g/mol. The van der Waals surface area contributed by atoms with Gasteiger partial charge < -0.3 is 11.1 Å². The molecule has 3 N–H and O–H groups in total. The maximum absolute atomic E-state index is 13.0. The average molecular weight is 256 g/mol. The highest BCUT2D eigenvalue weighted by Gasteiger charge is 2.33. The van der Waals surface area contributed by atoms with Crippen LogP contribution in [0.15, 0.2) is 30.3 Å². The van der Waals surface area contributed by atoms with Crippen molar-refractivity contribution in [3.63, 3.8) is 0 Å². The van der Waals surface area contributed by atoms with Gasteiger partial charge in [0.2, 0.25) is 5.91 Å². The SMILES string of the molecule is CC(C)(C(=O)NCC(F)(F)CN)c1ccccc1. The molecular formula is C13H18F2N2O. The van der Waals surface area contributed by atoms with Gasteiger partial charge in [0, 0.05) is 0 Å². The number of hydrogen-bond acceptors (Lipinski definition) is 2. The fourth-order valence-corrected chi connectivity index (χ4v) is 1.49. The van der Waals surface area contributed by atoms with Gasteiger partial charge in [-0.25, -0.2) is 8.78 Å². The predicted molar refractivity (Wildman–Crippen MR) is 66.5 cm³/mol. The Hall–Kier alpha value is -1.49. The van der Waals surface area contributed by atoms with Gasteiger partial charge in [0.25, 0.3) is 5.92 Å². The van der Waals surface area contributed by atoms with Crippen LogP contribution in [0.2, 0.25) is 0 Å². The smallest absolute Gasteiger partial charge is 0.277 e. The molecule has 1 aromatic carbocycles. The lowest BCUT2D eigenvalue weighted by molar-refractivity contribution is -0.127. The van der Waals surface area contributed by atoms with Crippen LogP contribution < -0.4 is 11.1 Å². The second-order valence-corrected chi connectivity index (χ2v) is 4.73. The Balaban J connectivity index is 2.72. The lowest BCUT2D eigenvalue weighted by atomic mass is 9.84. The molecule has 0 aliphatic heterocycles. The van der Waals surface area contributed by atoms with E-state index in [2.05, 4.69) is 5.32 Å². The summed E-state index contributed by atoms with van der Waals surface area (Å²) in [5, 5.41) is 2.24. The first-order chi connectivity index (χ1) is 8.29. The lowest BCUT2D eigenvalue weighted by Crippen LogP contribution is -2.47. The van der Waals surface area contributed by atoms with Crippen molar-refractivity contribution in [2.75, 3.05) is 13.1 Å². The molecule has 0 heterocycles. The van der Waals surface area contributed by atoms with Gasteiger partial charge in [0.15, 0.2) is 0 Å². The van der Waals surface area contributed by atoms with Crippen molar-refractivity contribution in [1.82, 2.24) is 5.32 Å². The van der Waals surface area contributed by atoms with Crippen molar-refractivity contribution in [3.8, 4) is 0 Å². The van der Waals surface area contributed by atoms with Crippen molar-refractivity contribution < 1.29 is 13.6 Å². The molecule has 0 radical (unpaired) electrons. The van der Waals surface area contributed by atoms with Gasteiger partial charge in [0.1, 0.15) is 0 Å². The van der Waals surface area contributed by atoms with Crippen LogP contribution in [0.25, 0.3) is 0 Å². The van der Waals surface area contributed by atoms with Crippen LogP contribution in [0.4, 0.5) is 8.78 Å². The van der Waals surface area contributed by atoms with Crippen LogP contribution in [0.1, 0.15) is 19.4 Å². The fourth-order valence-electron chi connectivity index (χ4n) is 1.49. The largest absolute Gasteiger partial charge is 0.349 e. The van der Waals surface area contributed by atoms with E-state index in [0.717, 1.165) is 5.56 Å². The Morgan fingerprint density at radius 3 is 2.33 bits per heavy atom. The molecule has 0 atom stereocenters. The predicted octanol–water partition coefficient (Wildman–Crippen LogP) is 1.67. The Morgan fingerprint density at radius 1 is 1.28 bits per heavy atom. The maximum atomic E-state index is 13.0. The minimum Gasteiger partial charge on any atom is -0.349 e. The quantitative estimate of drug-likeness (QED) is 0.842. The van der Waals surface area contributed by atoms with E-state index in [1.807, 2.05) is 6.07 Å². The van der Waals surface area contributed by atoms with Crippen molar-refractivity contribution >= 4 is 5.91 Å². The first-order valence-electron chi connectivity index (χ1n) is 5.71. The van der Waals surface area contributed by atoms with E-state index in [0.29, 0.717) is 0 Å². The first kappa shape index (κ1) is 14.6. The molecule has 0 spiro atoms. The van der Waals surface area contributed by atoms with E-state index in [1.54, 1.807) is 38.1 Å². The van der Waals surface area contributed by atoms with Gasteiger partial charge >= 0.3 is 0 Å². The topological polar surface area (TPSA) is 55.1 Å². The summed E-state index contributed by atoms with van der Waals surface area (Å²) in [5.74, 6) is -3.51. The summed E-state index contributed by atoms with van der Waals surface area (Å²) in [6, 6.07) is 9.03. The zero-order chi connectivity index (χ0) is 13.8. The Morgan fingerprint density at radius 2 is 1.83 bits per heavy atom. The third kappa shape index (κ3) is 3.50. The molecular weight excluding hydrogens is 238 g/mol. The number of carbonyl (C=O) groups is 1. The minimum absolute atomic E-state index is 0.443. The van der Waals surface area contributed by atoms with Crippen molar-refractivity contribution in [2.45, 2.75) is 25.2 Å². The number of rotatable bonds is 5. The number of halogens is 2. The summed E-state index contributed by atoms with van der Waals surface area (Å²) >= 11 is 0. The minimum atomic E-state index is -3.07. The number of carbonyl (C=O) groups excluding carboxylic acids is 1. The zero-order valence-electron chi connectivity index (χ0n) is 10.5. The maximum Gasteiger partial charge on any atom is 0.277 e.